The topological polar surface area (TPSA) is 15.3 Å². The van der Waals surface area contributed by atoms with E-state index in [1.807, 2.05) is 19.2 Å². The number of benzene rings is 1. The van der Waals surface area contributed by atoms with Crippen LogP contribution in [0, 0.1) is 0 Å². The number of halogens is 2. The quantitative estimate of drug-likeness (QED) is 0.859. The molecule has 1 fully saturated rings. The van der Waals surface area contributed by atoms with Crippen molar-refractivity contribution >= 4 is 23.2 Å². The molecule has 0 amide bonds. The van der Waals surface area contributed by atoms with E-state index in [2.05, 4.69) is 16.3 Å². The zero-order chi connectivity index (χ0) is 14.4. The van der Waals surface area contributed by atoms with Crippen molar-refractivity contribution in [3.8, 4) is 0 Å². The highest BCUT2D eigenvalue weighted by Crippen LogP contribution is 2.31. The van der Waals surface area contributed by atoms with Gasteiger partial charge >= 0.3 is 0 Å². The summed E-state index contributed by atoms with van der Waals surface area (Å²) in [6.45, 7) is 3.59. The van der Waals surface area contributed by atoms with Gasteiger partial charge in [0, 0.05) is 6.04 Å². The van der Waals surface area contributed by atoms with E-state index < -0.39 is 0 Å². The summed E-state index contributed by atoms with van der Waals surface area (Å²) in [7, 11) is 1.99. The van der Waals surface area contributed by atoms with Crippen LogP contribution >= 0.6 is 23.2 Å². The average Bonchev–Trinajstić information content (AvgIpc) is 2.72. The third kappa shape index (κ3) is 4.36. The summed E-state index contributed by atoms with van der Waals surface area (Å²) in [4.78, 5) is 2.58. The van der Waals surface area contributed by atoms with E-state index >= 15 is 0 Å². The number of hydrogen-bond donors (Lipinski definition) is 1. The van der Waals surface area contributed by atoms with Crippen LogP contribution in [0.5, 0.6) is 0 Å². The Balaban J connectivity index is 1.96. The van der Waals surface area contributed by atoms with Gasteiger partial charge in [0.2, 0.25) is 0 Å². The summed E-state index contributed by atoms with van der Waals surface area (Å²) < 4.78 is 0. The molecule has 1 N–H and O–H groups in total. The molecular weight excluding hydrogens is 291 g/mol. The second kappa shape index (κ2) is 8.23. The Morgan fingerprint density at radius 3 is 2.50 bits per heavy atom. The van der Waals surface area contributed by atoms with E-state index in [4.69, 9.17) is 23.2 Å². The zero-order valence-electron chi connectivity index (χ0n) is 12.2. The van der Waals surface area contributed by atoms with Gasteiger partial charge in [0.05, 0.1) is 10.0 Å². The van der Waals surface area contributed by atoms with Gasteiger partial charge in [-0.05, 0) is 57.6 Å². The minimum atomic E-state index is 0.268. The Morgan fingerprint density at radius 1 is 1.15 bits per heavy atom. The van der Waals surface area contributed by atoms with E-state index in [0.717, 1.165) is 18.5 Å². The number of rotatable bonds is 5. The van der Waals surface area contributed by atoms with E-state index in [-0.39, 0.29) is 6.04 Å². The molecule has 4 heteroatoms. The molecule has 2 nitrogen and oxygen atoms in total. The molecule has 0 radical (unpaired) electrons. The van der Waals surface area contributed by atoms with Gasteiger partial charge in [-0.25, -0.2) is 0 Å². The van der Waals surface area contributed by atoms with Gasteiger partial charge in [0.25, 0.3) is 0 Å². The Labute approximate surface area is 132 Å². The fourth-order valence-corrected chi connectivity index (χ4v) is 3.36. The zero-order valence-corrected chi connectivity index (χ0v) is 13.7. The first kappa shape index (κ1) is 16.1. The largest absolute Gasteiger partial charge is 0.313 e. The summed E-state index contributed by atoms with van der Waals surface area (Å²) in [6, 6.07) is 6.15. The van der Waals surface area contributed by atoms with Crippen molar-refractivity contribution < 1.29 is 0 Å². The number of nitrogens with zero attached hydrogens (tertiary/aromatic N) is 1. The Hall–Kier alpha value is -0.280. The highest BCUT2D eigenvalue weighted by Gasteiger charge is 2.16. The van der Waals surface area contributed by atoms with Crippen molar-refractivity contribution in [2.24, 2.45) is 0 Å². The lowest BCUT2D eigenvalue weighted by atomic mass is 10.0. The van der Waals surface area contributed by atoms with Crippen LogP contribution in [0.25, 0.3) is 0 Å². The summed E-state index contributed by atoms with van der Waals surface area (Å²) in [6.07, 6.45) is 6.50. The van der Waals surface area contributed by atoms with Gasteiger partial charge in [-0.3, -0.25) is 0 Å². The van der Waals surface area contributed by atoms with Crippen LogP contribution in [0.15, 0.2) is 18.2 Å². The number of likely N-dealkylation sites (tertiary alicyclic amines) is 1. The van der Waals surface area contributed by atoms with Gasteiger partial charge in [-0.2, -0.15) is 0 Å². The smallest absolute Gasteiger partial charge is 0.0640 e. The predicted molar refractivity (Wildman–Crippen MR) is 87.8 cm³/mol. The van der Waals surface area contributed by atoms with E-state index in [0.29, 0.717) is 10.0 Å². The lowest BCUT2D eigenvalue weighted by molar-refractivity contribution is 0.268. The first-order chi connectivity index (χ1) is 9.72. The molecule has 0 aliphatic carbocycles. The first-order valence-corrected chi connectivity index (χ1v) is 8.31. The fourth-order valence-electron chi connectivity index (χ4n) is 2.92. The second-order valence-corrected chi connectivity index (χ2v) is 6.31. The van der Waals surface area contributed by atoms with E-state index in [9.17, 15) is 0 Å². The first-order valence-electron chi connectivity index (χ1n) is 7.56. The van der Waals surface area contributed by atoms with Crippen LogP contribution in [-0.4, -0.2) is 31.6 Å². The summed E-state index contributed by atoms with van der Waals surface area (Å²) in [5, 5.41) is 4.69. The number of hydrogen-bond acceptors (Lipinski definition) is 2. The average molecular weight is 315 g/mol. The van der Waals surface area contributed by atoms with Crippen molar-refractivity contribution in [3.05, 3.63) is 33.8 Å². The maximum absolute atomic E-state index is 6.33. The third-order valence-electron chi connectivity index (χ3n) is 4.14. The van der Waals surface area contributed by atoms with Crippen LogP contribution in [0.1, 0.15) is 43.7 Å². The molecule has 0 bridgehead atoms. The van der Waals surface area contributed by atoms with Gasteiger partial charge in [-0.1, -0.05) is 48.2 Å². The number of nitrogens with one attached hydrogen (secondary N) is 1. The molecule has 1 saturated heterocycles. The van der Waals surface area contributed by atoms with Crippen LogP contribution in [0.2, 0.25) is 10.0 Å². The molecule has 1 aliphatic rings. The summed E-state index contributed by atoms with van der Waals surface area (Å²) in [5.41, 5.74) is 1.11. The second-order valence-electron chi connectivity index (χ2n) is 5.53. The maximum atomic E-state index is 6.33. The highest BCUT2D eigenvalue weighted by atomic mass is 35.5. The van der Waals surface area contributed by atoms with E-state index in [1.165, 1.54) is 38.8 Å². The fraction of sp³-hybridized carbons (Fsp3) is 0.625. The van der Waals surface area contributed by atoms with Crippen molar-refractivity contribution in [1.29, 1.82) is 0 Å². The molecule has 2 rings (SSSR count). The van der Waals surface area contributed by atoms with Gasteiger partial charge in [0.15, 0.2) is 0 Å². The molecule has 1 heterocycles. The SMILES string of the molecule is CNC(CCN1CCCCCC1)c1cccc(Cl)c1Cl. The van der Waals surface area contributed by atoms with Gasteiger partial charge in [0.1, 0.15) is 0 Å². The lowest BCUT2D eigenvalue weighted by Gasteiger charge is -2.24. The normalized spacial score (nSPS) is 18.8. The van der Waals surface area contributed by atoms with Crippen molar-refractivity contribution in [1.82, 2.24) is 10.2 Å². The predicted octanol–water partition coefficient (Wildman–Crippen LogP) is 4.52. The molecule has 20 heavy (non-hydrogen) atoms. The van der Waals surface area contributed by atoms with Crippen LogP contribution in [0.4, 0.5) is 0 Å². The third-order valence-corrected chi connectivity index (χ3v) is 4.97. The van der Waals surface area contributed by atoms with Gasteiger partial charge in [-0.15, -0.1) is 0 Å². The Kier molecular flexibility index (Phi) is 6.63. The Bertz CT molecular complexity index is 415. The monoisotopic (exact) mass is 314 g/mol. The summed E-state index contributed by atoms with van der Waals surface area (Å²) in [5.74, 6) is 0. The Morgan fingerprint density at radius 2 is 1.85 bits per heavy atom. The van der Waals surface area contributed by atoms with Crippen LogP contribution in [0.3, 0.4) is 0 Å². The molecular formula is C16H24Cl2N2. The van der Waals surface area contributed by atoms with Crippen LogP contribution < -0.4 is 5.32 Å². The molecule has 112 valence electrons. The van der Waals surface area contributed by atoms with E-state index in [1.54, 1.807) is 0 Å². The van der Waals surface area contributed by atoms with Crippen molar-refractivity contribution in [2.45, 2.75) is 38.1 Å². The minimum absolute atomic E-state index is 0.268. The van der Waals surface area contributed by atoms with Gasteiger partial charge < -0.3 is 10.2 Å². The molecule has 1 aliphatic heterocycles. The maximum Gasteiger partial charge on any atom is 0.0640 e. The molecule has 1 unspecified atom stereocenters. The minimum Gasteiger partial charge on any atom is -0.313 e. The standard InChI is InChI=1S/C16H24Cl2N2/c1-19-15(13-7-6-8-14(17)16(13)18)9-12-20-10-4-2-3-5-11-20/h6-8,15,19H,2-5,9-12H2,1H3. The molecule has 0 saturated carbocycles. The molecule has 1 aromatic carbocycles. The summed E-state index contributed by atoms with van der Waals surface area (Å²) >= 11 is 12.4. The molecule has 0 aromatic heterocycles. The molecule has 0 spiro atoms. The van der Waals surface area contributed by atoms with Crippen LogP contribution in [-0.2, 0) is 0 Å². The lowest BCUT2D eigenvalue weighted by Crippen LogP contribution is -2.29. The highest BCUT2D eigenvalue weighted by molar-refractivity contribution is 6.42. The molecule has 1 aromatic rings. The van der Waals surface area contributed by atoms with Crippen molar-refractivity contribution in [2.75, 3.05) is 26.7 Å². The molecule has 1 atom stereocenters. The van der Waals surface area contributed by atoms with Crippen molar-refractivity contribution in [3.63, 3.8) is 0 Å².